The molecular weight excluding hydrogens is 296 g/mol. The SMILES string of the molecule is CC(O)(CNC(=O)NCCCOc1ccccc1)c1ccco1. The lowest BCUT2D eigenvalue weighted by Gasteiger charge is -2.21. The number of benzene rings is 1. The Labute approximate surface area is 135 Å². The first kappa shape index (κ1) is 16.9. The highest BCUT2D eigenvalue weighted by Gasteiger charge is 2.26. The van der Waals surface area contributed by atoms with E-state index in [1.807, 2.05) is 30.3 Å². The minimum absolute atomic E-state index is 0.0624. The average molecular weight is 318 g/mol. The Hall–Kier alpha value is -2.47. The normalized spacial score (nSPS) is 13.1. The van der Waals surface area contributed by atoms with Gasteiger partial charge in [0.05, 0.1) is 19.4 Å². The van der Waals surface area contributed by atoms with Gasteiger partial charge in [0.2, 0.25) is 0 Å². The van der Waals surface area contributed by atoms with Gasteiger partial charge in [0, 0.05) is 6.54 Å². The Morgan fingerprint density at radius 2 is 2.00 bits per heavy atom. The Morgan fingerprint density at radius 1 is 1.22 bits per heavy atom. The average Bonchev–Trinajstić information content (AvgIpc) is 3.09. The van der Waals surface area contributed by atoms with Crippen molar-refractivity contribution in [2.75, 3.05) is 19.7 Å². The van der Waals surface area contributed by atoms with Crippen molar-refractivity contribution in [3.63, 3.8) is 0 Å². The third kappa shape index (κ3) is 5.67. The molecule has 2 aromatic rings. The molecule has 2 rings (SSSR count). The van der Waals surface area contributed by atoms with Gasteiger partial charge in [-0.15, -0.1) is 0 Å². The summed E-state index contributed by atoms with van der Waals surface area (Å²) in [5, 5.41) is 15.5. The third-order valence-electron chi connectivity index (χ3n) is 3.26. The van der Waals surface area contributed by atoms with Crippen LogP contribution < -0.4 is 15.4 Å². The molecule has 3 N–H and O–H groups in total. The second-order valence-corrected chi connectivity index (χ2v) is 5.38. The number of rotatable bonds is 8. The van der Waals surface area contributed by atoms with Crippen molar-refractivity contribution in [3.8, 4) is 5.75 Å². The zero-order chi connectivity index (χ0) is 16.5. The molecule has 0 saturated carbocycles. The van der Waals surface area contributed by atoms with Gasteiger partial charge in [-0.1, -0.05) is 18.2 Å². The second kappa shape index (κ2) is 8.24. The number of hydrogen-bond acceptors (Lipinski definition) is 4. The second-order valence-electron chi connectivity index (χ2n) is 5.38. The molecular formula is C17H22N2O4. The van der Waals surface area contributed by atoms with Crippen LogP contribution in [0, 0.1) is 0 Å². The van der Waals surface area contributed by atoms with Crippen molar-refractivity contribution in [2.45, 2.75) is 18.9 Å². The highest BCUT2D eigenvalue weighted by atomic mass is 16.5. The van der Waals surface area contributed by atoms with Crippen molar-refractivity contribution in [3.05, 3.63) is 54.5 Å². The summed E-state index contributed by atoms with van der Waals surface area (Å²) in [7, 11) is 0. The van der Waals surface area contributed by atoms with Gasteiger partial charge in [0.1, 0.15) is 17.1 Å². The summed E-state index contributed by atoms with van der Waals surface area (Å²) in [4.78, 5) is 11.7. The number of ether oxygens (including phenoxy) is 1. The Balaban J connectivity index is 1.58. The van der Waals surface area contributed by atoms with E-state index in [-0.39, 0.29) is 12.6 Å². The van der Waals surface area contributed by atoms with Crippen LogP contribution in [0.2, 0.25) is 0 Å². The Bertz CT molecular complexity index is 582. The van der Waals surface area contributed by atoms with Crippen molar-refractivity contribution in [1.29, 1.82) is 0 Å². The fourth-order valence-corrected chi connectivity index (χ4v) is 1.97. The number of hydrogen-bond donors (Lipinski definition) is 3. The lowest BCUT2D eigenvalue weighted by Crippen LogP contribution is -2.43. The van der Waals surface area contributed by atoms with Crippen molar-refractivity contribution in [1.82, 2.24) is 10.6 Å². The maximum Gasteiger partial charge on any atom is 0.314 e. The third-order valence-corrected chi connectivity index (χ3v) is 3.26. The summed E-state index contributed by atoms with van der Waals surface area (Å²) in [5.74, 6) is 1.22. The van der Waals surface area contributed by atoms with E-state index in [1.165, 1.54) is 6.26 Å². The van der Waals surface area contributed by atoms with E-state index in [0.717, 1.165) is 5.75 Å². The number of amides is 2. The van der Waals surface area contributed by atoms with E-state index in [4.69, 9.17) is 9.15 Å². The largest absolute Gasteiger partial charge is 0.494 e. The molecule has 0 radical (unpaired) electrons. The molecule has 1 aromatic carbocycles. The number of para-hydroxylation sites is 1. The lowest BCUT2D eigenvalue weighted by molar-refractivity contribution is 0.0367. The molecule has 0 aliphatic carbocycles. The number of furan rings is 1. The molecule has 0 fully saturated rings. The zero-order valence-corrected chi connectivity index (χ0v) is 13.1. The molecule has 1 aromatic heterocycles. The standard InChI is InChI=1S/C17H22N2O4/c1-17(21,15-9-5-11-23-15)13-19-16(20)18-10-6-12-22-14-7-3-2-4-8-14/h2-5,7-9,11,21H,6,10,12-13H2,1H3,(H2,18,19,20). The number of aliphatic hydroxyl groups is 1. The van der Waals surface area contributed by atoms with Gasteiger partial charge in [-0.3, -0.25) is 0 Å². The topological polar surface area (TPSA) is 83.7 Å². The number of carbonyl (C=O) groups excluding carboxylic acids is 1. The highest BCUT2D eigenvalue weighted by molar-refractivity contribution is 5.73. The van der Waals surface area contributed by atoms with Crippen LogP contribution >= 0.6 is 0 Å². The van der Waals surface area contributed by atoms with Gasteiger partial charge in [-0.2, -0.15) is 0 Å². The van der Waals surface area contributed by atoms with E-state index >= 15 is 0 Å². The first-order chi connectivity index (χ1) is 11.1. The van der Waals surface area contributed by atoms with Gasteiger partial charge in [-0.05, 0) is 37.6 Å². The van der Waals surface area contributed by atoms with E-state index in [2.05, 4.69) is 10.6 Å². The summed E-state index contributed by atoms with van der Waals surface area (Å²) in [6.45, 7) is 2.66. The van der Waals surface area contributed by atoms with Crippen molar-refractivity contribution in [2.24, 2.45) is 0 Å². The van der Waals surface area contributed by atoms with Gasteiger partial charge < -0.3 is 24.9 Å². The molecule has 124 valence electrons. The zero-order valence-electron chi connectivity index (χ0n) is 13.1. The molecule has 0 saturated heterocycles. The summed E-state index contributed by atoms with van der Waals surface area (Å²) in [6.07, 6.45) is 2.17. The van der Waals surface area contributed by atoms with Crippen LogP contribution in [0.3, 0.4) is 0 Å². The molecule has 6 heteroatoms. The van der Waals surface area contributed by atoms with Crippen LogP contribution in [0.1, 0.15) is 19.1 Å². The van der Waals surface area contributed by atoms with Crippen molar-refractivity contribution < 1.29 is 19.1 Å². The quantitative estimate of drug-likeness (QED) is 0.652. The molecule has 0 aliphatic rings. The van der Waals surface area contributed by atoms with Gasteiger partial charge in [-0.25, -0.2) is 4.79 Å². The van der Waals surface area contributed by atoms with Gasteiger partial charge in [0.15, 0.2) is 0 Å². The number of carbonyl (C=O) groups is 1. The fourth-order valence-electron chi connectivity index (χ4n) is 1.97. The minimum Gasteiger partial charge on any atom is -0.494 e. The molecule has 6 nitrogen and oxygen atoms in total. The number of urea groups is 1. The molecule has 1 unspecified atom stereocenters. The first-order valence-electron chi connectivity index (χ1n) is 7.54. The van der Waals surface area contributed by atoms with Gasteiger partial charge in [0.25, 0.3) is 0 Å². The van der Waals surface area contributed by atoms with E-state index in [1.54, 1.807) is 19.1 Å². The van der Waals surface area contributed by atoms with Gasteiger partial charge >= 0.3 is 6.03 Å². The Kier molecular flexibility index (Phi) is 6.05. The molecule has 1 heterocycles. The van der Waals surface area contributed by atoms with Crippen molar-refractivity contribution >= 4 is 6.03 Å². The smallest absolute Gasteiger partial charge is 0.314 e. The van der Waals surface area contributed by atoms with Crippen LogP contribution in [0.15, 0.2) is 53.1 Å². The van der Waals surface area contributed by atoms with Crippen LogP contribution in [-0.2, 0) is 5.60 Å². The monoisotopic (exact) mass is 318 g/mol. The maximum atomic E-state index is 11.7. The molecule has 0 bridgehead atoms. The molecule has 1 atom stereocenters. The lowest BCUT2D eigenvalue weighted by atomic mass is 10.0. The van der Waals surface area contributed by atoms with E-state index in [0.29, 0.717) is 25.3 Å². The summed E-state index contributed by atoms with van der Waals surface area (Å²) in [5.41, 5.74) is -1.24. The first-order valence-corrected chi connectivity index (χ1v) is 7.54. The van der Waals surface area contributed by atoms with E-state index < -0.39 is 5.60 Å². The van der Waals surface area contributed by atoms with Crippen LogP contribution in [-0.4, -0.2) is 30.8 Å². The molecule has 0 spiro atoms. The summed E-state index contributed by atoms with van der Waals surface area (Å²) < 4.78 is 10.7. The van der Waals surface area contributed by atoms with Crippen LogP contribution in [0.25, 0.3) is 0 Å². The minimum atomic E-state index is -1.24. The summed E-state index contributed by atoms with van der Waals surface area (Å²) in [6, 6.07) is 12.5. The Morgan fingerprint density at radius 3 is 2.70 bits per heavy atom. The number of nitrogens with one attached hydrogen (secondary N) is 2. The molecule has 0 aliphatic heterocycles. The predicted octanol–water partition coefficient (Wildman–Crippen LogP) is 2.26. The maximum absolute atomic E-state index is 11.7. The summed E-state index contributed by atoms with van der Waals surface area (Å²) >= 11 is 0. The highest BCUT2D eigenvalue weighted by Crippen LogP contribution is 2.19. The van der Waals surface area contributed by atoms with E-state index in [9.17, 15) is 9.90 Å². The molecule has 23 heavy (non-hydrogen) atoms. The van der Waals surface area contributed by atoms with Crippen LogP contribution in [0.4, 0.5) is 4.79 Å². The predicted molar refractivity (Wildman–Crippen MR) is 86.2 cm³/mol. The van der Waals surface area contributed by atoms with Crippen LogP contribution in [0.5, 0.6) is 5.75 Å². The fraction of sp³-hybridized carbons (Fsp3) is 0.353. The molecule has 2 amide bonds.